The number of aromatic nitrogens is 2. The van der Waals surface area contributed by atoms with Gasteiger partial charge < -0.3 is 20.5 Å². The normalized spacial score (nSPS) is 12.5. The average molecular weight is 256 g/mol. The molecule has 0 amide bonds. The average Bonchev–Trinajstić information content (AvgIpc) is 2.75. The van der Waals surface area contributed by atoms with Gasteiger partial charge in [0.15, 0.2) is 0 Å². The predicted octanol–water partition coefficient (Wildman–Crippen LogP) is 1.19. The van der Waals surface area contributed by atoms with Crippen LogP contribution in [-0.4, -0.2) is 31.4 Å². The molecule has 0 bridgehead atoms. The van der Waals surface area contributed by atoms with E-state index in [0.717, 1.165) is 0 Å². The summed E-state index contributed by atoms with van der Waals surface area (Å²) in [5, 5.41) is 23.8. The van der Waals surface area contributed by atoms with Crippen molar-refractivity contribution in [2.24, 2.45) is 0 Å². The van der Waals surface area contributed by atoms with Gasteiger partial charge in [0.25, 0.3) is 4.96 Å². The lowest BCUT2D eigenvalue weighted by molar-refractivity contribution is -0.389. The van der Waals surface area contributed by atoms with Gasteiger partial charge in [-0.15, -0.1) is 0 Å². The fraction of sp³-hybridized carbons (Fsp3) is 0.250. The lowest BCUT2D eigenvalue weighted by Crippen LogP contribution is -2.25. The Morgan fingerprint density at radius 3 is 3.06 bits per heavy atom. The van der Waals surface area contributed by atoms with Crippen LogP contribution in [0, 0.1) is 10.1 Å². The van der Waals surface area contributed by atoms with Gasteiger partial charge in [0.2, 0.25) is 5.82 Å². The monoisotopic (exact) mass is 256 g/mol. The summed E-state index contributed by atoms with van der Waals surface area (Å²) >= 11 is 1.24. The van der Waals surface area contributed by atoms with Crippen molar-refractivity contribution >= 4 is 33.9 Å². The minimum Gasteiger partial charge on any atom is -0.480 e. The van der Waals surface area contributed by atoms with Crippen LogP contribution in [-0.2, 0) is 4.79 Å². The summed E-state index contributed by atoms with van der Waals surface area (Å²) in [7, 11) is 0. The highest BCUT2D eigenvalue weighted by molar-refractivity contribution is 7.15. The molecule has 0 saturated carbocycles. The molecule has 1 atom stereocenters. The number of nitrogens with one attached hydrogen (secondary N) is 1. The first kappa shape index (κ1) is 11.3. The highest BCUT2D eigenvalue weighted by Crippen LogP contribution is 2.28. The second-order valence-electron chi connectivity index (χ2n) is 3.30. The standard InChI is InChI=1S/C8H8N4O4S/c1-4(7(13)14)9-5-6(12(15)16)11-2-3-17-8(11)10-5/h2-4,9H,1H3,(H,13,14). The Kier molecular flexibility index (Phi) is 2.68. The molecule has 0 aliphatic rings. The number of carboxylic acid groups (broad SMARTS) is 1. The van der Waals surface area contributed by atoms with Crippen LogP contribution < -0.4 is 5.32 Å². The van der Waals surface area contributed by atoms with Gasteiger partial charge in [0.1, 0.15) is 12.2 Å². The van der Waals surface area contributed by atoms with E-state index in [1.165, 1.54) is 28.9 Å². The zero-order chi connectivity index (χ0) is 12.6. The summed E-state index contributed by atoms with van der Waals surface area (Å²) in [6, 6.07) is -0.946. The Labute approximate surface area is 98.7 Å². The number of imidazole rings is 1. The summed E-state index contributed by atoms with van der Waals surface area (Å²) < 4.78 is 1.31. The van der Waals surface area contributed by atoms with Crippen LogP contribution in [0.15, 0.2) is 11.6 Å². The third kappa shape index (κ3) is 1.91. The highest BCUT2D eigenvalue weighted by Gasteiger charge is 2.25. The van der Waals surface area contributed by atoms with E-state index in [4.69, 9.17) is 5.11 Å². The third-order valence-corrected chi connectivity index (χ3v) is 2.89. The van der Waals surface area contributed by atoms with Crippen molar-refractivity contribution in [3.05, 3.63) is 21.7 Å². The number of hydrogen-bond donors (Lipinski definition) is 2. The van der Waals surface area contributed by atoms with Crippen LogP contribution in [0.5, 0.6) is 0 Å². The number of carbonyl (C=O) groups is 1. The molecule has 2 N–H and O–H groups in total. The van der Waals surface area contributed by atoms with Gasteiger partial charge >= 0.3 is 11.8 Å². The molecule has 0 fully saturated rings. The molecule has 2 aromatic rings. The number of rotatable bonds is 4. The van der Waals surface area contributed by atoms with Crippen LogP contribution in [0.4, 0.5) is 11.6 Å². The minimum atomic E-state index is -1.10. The number of anilines is 1. The Balaban J connectivity index is 2.45. The van der Waals surface area contributed by atoms with E-state index in [-0.39, 0.29) is 11.6 Å². The number of hydrogen-bond acceptors (Lipinski definition) is 6. The van der Waals surface area contributed by atoms with Gasteiger partial charge in [-0.25, -0.2) is 0 Å². The van der Waals surface area contributed by atoms with Crippen molar-refractivity contribution in [2.75, 3.05) is 5.32 Å². The zero-order valence-corrected chi connectivity index (χ0v) is 9.47. The van der Waals surface area contributed by atoms with Crippen molar-refractivity contribution in [1.82, 2.24) is 9.38 Å². The Hall–Kier alpha value is -2.16. The first-order valence-corrected chi connectivity index (χ1v) is 5.48. The van der Waals surface area contributed by atoms with Crippen molar-refractivity contribution in [3.8, 4) is 0 Å². The number of aliphatic carboxylic acids is 1. The maximum atomic E-state index is 10.9. The predicted molar refractivity (Wildman–Crippen MR) is 60.4 cm³/mol. The second-order valence-corrected chi connectivity index (χ2v) is 4.17. The molecule has 0 aliphatic heterocycles. The van der Waals surface area contributed by atoms with Crippen molar-refractivity contribution in [3.63, 3.8) is 0 Å². The van der Waals surface area contributed by atoms with E-state index in [1.54, 1.807) is 5.38 Å². The molecule has 0 spiro atoms. The van der Waals surface area contributed by atoms with E-state index < -0.39 is 16.9 Å². The maximum absolute atomic E-state index is 10.9. The Morgan fingerprint density at radius 2 is 2.47 bits per heavy atom. The topological polar surface area (TPSA) is 110 Å². The van der Waals surface area contributed by atoms with Crippen LogP contribution in [0.25, 0.3) is 4.96 Å². The molecule has 8 nitrogen and oxygen atoms in total. The summed E-state index contributed by atoms with van der Waals surface area (Å²) in [6.07, 6.45) is 1.52. The molecule has 2 heterocycles. The summed E-state index contributed by atoms with van der Waals surface area (Å²) in [5.41, 5.74) is 0. The van der Waals surface area contributed by atoms with Gasteiger partial charge in [-0.1, -0.05) is 11.3 Å². The molecule has 1 unspecified atom stereocenters. The number of nitrogens with zero attached hydrogens (tertiary/aromatic N) is 3. The first-order chi connectivity index (χ1) is 8.00. The number of fused-ring (bicyclic) bond motifs is 1. The quantitative estimate of drug-likeness (QED) is 0.628. The van der Waals surface area contributed by atoms with Crippen molar-refractivity contribution in [2.45, 2.75) is 13.0 Å². The van der Waals surface area contributed by atoms with E-state index in [0.29, 0.717) is 4.96 Å². The van der Waals surface area contributed by atoms with Crippen LogP contribution in [0.1, 0.15) is 6.92 Å². The lowest BCUT2D eigenvalue weighted by Gasteiger charge is -2.06. The zero-order valence-electron chi connectivity index (χ0n) is 8.65. The Morgan fingerprint density at radius 1 is 1.76 bits per heavy atom. The number of carboxylic acids is 1. The molecule has 0 aromatic carbocycles. The van der Waals surface area contributed by atoms with E-state index in [2.05, 4.69) is 10.3 Å². The number of nitro groups is 1. The van der Waals surface area contributed by atoms with Crippen LogP contribution in [0.2, 0.25) is 0 Å². The Bertz CT molecular complexity index is 589. The SMILES string of the molecule is CC(Nc1nc2sccn2c1[N+](=O)[O-])C(=O)O. The van der Waals surface area contributed by atoms with Gasteiger partial charge in [-0.05, 0) is 11.8 Å². The van der Waals surface area contributed by atoms with E-state index in [1.807, 2.05) is 0 Å². The third-order valence-electron chi connectivity index (χ3n) is 2.13. The van der Waals surface area contributed by atoms with E-state index in [9.17, 15) is 14.9 Å². The first-order valence-electron chi connectivity index (χ1n) is 4.60. The van der Waals surface area contributed by atoms with Gasteiger partial charge in [-0.2, -0.15) is 9.38 Å². The smallest absolute Gasteiger partial charge is 0.372 e. The molecule has 9 heteroatoms. The largest absolute Gasteiger partial charge is 0.480 e. The van der Waals surface area contributed by atoms with Crippen molar-refractivity contribution < 1.29 is 14.8 Å². The second kappa shape index (κ2) is 4.01. The molecular formula is C8H8N4O4S. The van der Waals surface area contributed by atoms with Crippen LogP contribution >= 0.6 is 11.3 Å². The van der Waals surface area contributed by atoms with Gasteiger partial charge in [0.05, 0.1) is 0 Å². The highest BCUT2D eigenvalue weighted by atomic mass is 32.1. The van der Waals surface area contributed by atoms with Crippen molar-refractivity contribution in [1.29, 1.82) is 0 Å². The number of thiazole rings is 1. The van der Waals surface area contributed by atoms with E-state index >= 15 is 0 Å². The van der Waals surface area contributed by atoms with Gasteiger partial charge in [-0.3, -0.25) is 4.79 Å². The summed E-state index contributed by atoms with van der Waals surface area (Å²) in [6.45, 7) is 1.39. The maximum Gasteiger partial charge on any atom is 0.372 e. The molecule has 0 radical (unpaired) electrons. The summed E-state index contributed by atoms with van der Waals surface area (Å²) in [5.74, 6) is -1.39. The molecule has 0 saturated heterocycles. The lowest BCUT2D eigenvalue weighted by atomic mass is 10.3. The molecule has 2 rings (SSSR count). The molecular weight excluding hydrogens is 248 g/mol. The fourth-order valence-electron chi connectivity index (χ4n) is 1.31. The molecule has 0 aliphatic carbocycles. The molecule has 2 aromatic heterocycles. The minimum absolute atomic E-state index is 0.0308. The molecule has 17 heavy (non-hydrogen) atoms. The molecule has 90 valence electrons. The van der Waals surface area contributed by atoms with Gasteiger partial charge in [0, 0.05) is 5.38 Å². The summed E-state index contributed by atoms with van der Waals surface area (Å²) in [4.78, 5) is 25.4. The van der Waals surface area contributed by atoms with Crippen LogP contribution in [0.3, 0.4) is 0 Å². The fourth-order valence-corrected chi connectivity index (χ4v) is 2.02.